The summed E-state index contributed by atoms with van der Waals surface area (Å²) in [5, 5.41) is 2.38. The van der Waals surface area contributed by atoms with Crippen LogP contribution in [0, 0.1) is 0 Å². The van der Waals surface area contributed by atoms with Crippen molar-refractivity contribution in [3.8, 4) is 0 Å². The van der Waals surface area contributed by atoms with Gasteiger partial charge in [-0.05, 0) is 20.8 Å². The van der Waals surface area contributed by atoms with E-state index in [1.165, 1.54) is 16.7 Å². The average molecular weight is 274 g/mol. The van der Waals surface area contributed by atoms with Crippen LogP contribution in [0.15, 0.2) is 0 Å². The van der Waals surface area contributed by atoms with Crippen LogP contribution >= 0.6 is 11.8 Å². The normalized spacial score (nSPS) is 19.5. The molecule has 1 rings (SSSR count). The smallest absolute Gasteiger partial charge is 0.408 e. The van der Waals surface area contributed by atoms with Gasteiger partial charge in [0.05, 0.1) is 11.9 Å². The predicted octanol–water partition coefficient (Wildman–Crippen LogP) is 0.611. The highest BCUT2D eigenvalue weighted by Gasteiger charge is 2.29. The van der Waals surface area contributed by atoms with Crippen molar-refractivity contribution < 1.29 is 19.1 Å². The second kappa shape index (κ2) is 6.08. The summed E-state index contributed by atoms with van der Waals surface area (Å²) in [4.78, 5) is 35.3. The van der Waals surface area contributed by atoms with Crippen LogP contribution in [-0.2, 0) is 14.3 Å². The molecule has 0 saturated carbocycles. The molecule has 1 fully saturated rings. The highest BCUT2D eigenvalue weighted by atomic mass is 32.2. The Balaban J connectivity index is 2.37. The molecule has 6 nitrogen and oxygen atoms in total. The maximum Gasteiger partial charge on any atom is 0.408 e. The lowest BCUT2D eigenvalue weighted by Crippen LogP contribution is -2.44. The first-order valence-corrected chi connectivity index (χ1v) is 6.78. The van der Waals surface area contributed by atoms with Crippen LogP contribution in [0.4, 0.5) is 4.79 Å². The van der Waals surface area contributed by atoms with Gasteiger partial charge in [-0.2, -0.15) is 0 Å². The zero-order valence-electron chi connectivity index (χ0n) is 10.8. The molecule has 0 spiro atoms. The van der Waals surface area contributed by atoms with E-state index in [0.717, 1.165) is 6.29 Å². The Kier molecular flexibility index (Phi) is 5.01. The Bertz CT molecular complexity index is 340. The number of rotatable bonds is 3. The Morgan fingerprint density at radius 2 is 2.17 bits per heavy atom. The Hall–Kier alpha value is -1.24. The highest BCUT2D eigenvalue weighted by Crippen LogP contribution is 2.19. The molecule has 1 atom stereocenters. The zero-order valence-corrected chi connectivity index (χ0v) is 11.6. The van der Waals surface area contributed by atoms with Gasteiger partial charge in [0.2, 0.25) is 5.91 Å². The zero-order chi connectivity index (χ0) is 13.8. The molecule has 102 valence electrons. The average Bonchev–Trinajstić information content (AvgIpc) is 2.71. The monoisotopic (exact) mass is 274 g/mol. The third kappa shape index (κ3) is 4.56. The quantitative estimate of drug-likeness (QED) is 0.763. The molecule has 1 saturated heterocycles. The molecule has 0 aromatic carbocycles. The largest absolute Gasteiger partial charge is 0.444 e. The van der Waals surface area contributed by atoms with Crippen molar-refractivity contribution in [1.82, 2.24) is 10.2 Å². The lowest BCUT2D eigenvalue weighted by atomic mass is 10.2. The van der Waals surface area contributed by atoms with E-state index in [9.17, 15) is 14.4 Å². The van der Waals surface area contributed by atoms with E-state index in [4.69, 9.17) is 4.74 Å². The summed E-state index contributed by atoms with van der Waals surface area (Å²) in [7, 11) is 0. The van der Waals surface area contributed by atoms with E-state index < -0.39 is 11.7 Å². The van der Waals surface area contributed by atoms with Crippen LogP contribution < -0.4 is 5.32 Å². The van der Waals surface area contributed by atoms with E-state index in [1.807, 2.05) is 0 Å². The number of alkyl carbamates (subject to hydrolysis) is 1. The molecule has 1 aliphatic heterocycles. The lowest BCUT2D eigenvalue weighted by molar-refractivity contribution is -0.133. The van der Waals surface area contributed by atoms with Gasteiger partial charge in [-0.3, -0.25) is 4.79 Å². The number of carbonyl (C=O) groups is 3. The van der Waals surface area contributed by atoms with Gasteiger partial charge in [-0.25, -0.2) is 4.79 Å². The van der Waals surface area contributed by atoms with Crippen molar-refractivity contribution in [3.63, 3.8) is 0 Å². The van der Waals surface area contributed by atoms with Gasteiger partial charge in [0.25, 0.3) is 0 Å². The first-order chi connectivity index (χ1) is 8.33. The first-order valence-electron chi connectivity index (χ1n) is 5.63. The Morgan fingerprint density at radius 1 is 1.50 bits per heavy atom. The van der Waals surface area contributed by atoms with E-state index in [-0.39, 0.29) is 18.5 Å². The summed E-state index contributed by atoms with van der Waals surface area (Å²) >= 11 is 1.52. The number of thioether (sulfide) groups is 1. The van der Waals surface area contributed by atoms with Crippen molar-refractivity contribution in [1.29, 1.82) is 0 Å². The van der Waals surface area contributed by atoms with E-state index >= 15 is 0 Å². The van der Waals surface area contributed by atoms with Crippen molar-refractivity contribution in [2.45, 2.75) is 32.4 Å². The summed E-state index contributed by atoms with van der Waals surface area (Å²) in [5.74, 6) is 0.822. The van der Waals surface area contributed by atoms with Crippen LogP contribution in [0.5, 0.6) is 0 Å². The fourth-order valence-electron chi connectivity index (χ4n) is 1.39. The molecule has 0 aliphatic carbocycles. The molecular weight excluding hydrogens is 256 g/mol. The fraction of sp³-hybridized carbons (Fsp3) is 0.727. The Labute approximate surface area is 110 Å². The number of aldehydes is 1. The molecule has 7 heteroatoms. The van der Waals surface area contributed by atoms with E-state index in [2.05, 4.69) is 5.32 Å². The van der Waals surface area contributed by atoms with Crippen molar-refractivity contribution >= 4 is 30.0 Å². The minimum absolute atomic E-state index is 0.153. The van der Waals surface area contributed by atoms with Gasteiger partial charge in [0.15, 0.2) is 0 Å². The molecule has 18 heavy (non-hydrogen) atoms. The van der Waals surface area contributed by atoms with Gasteiger partial charge in [0.1, 0.15) is 18.4 Å². The minimum Gasteiger partial charge on any atom is -0.444 e. The van der Waals surface area contributed by atoms with Gasteiger partial charge >= 0.3 is 6.09 Å². The number of nitrogens with zero attached hydrogens (tertiary/aromatic N) is 1. The number of hydrogen-bond donors (Lipinski definition) is 1. The van der Waals surface area contributed by atoms with Gasteiger partial charge in [-0.1, -0.05) is 0 Å². The SMILES string of the molecule is CC(C)(C)OC(=O)NCC(=O)N1CSCC1C=O. The number of amides is 2. The molecular formula is C11H18N2O4S. The first kappa shape index (κ1) is 14.8. The fourth-order valence-corrected chi connectivity index (χ4v) is 2.53. The molecule has 0 aromatic rings. The van der Waals surface area contributed by atoms with Crippen LogP contribution in [0.2, 0.25) is 0 Å². The summed E-state index contributed by atoms with van der Waals surface area (Å²) in [6, 6.07) is -0.386. The van der Waals surface area contributed by atoms with E-state index in [0.29, 0.717) is 11.6 Å². The predicted molar refractivity (Wildman–Crippen MR) is 68.3 cm³/mol. The van der Waals surface area contributed by atoms with Crippen LogP contribution in [0.1, 0.15) is 20.8 Å². The summed E-state index contributed by atoms with van der Waals surface area (Å²) < 4.78 is 5.01. The van der Waals surface area contributed by atoms with Gasteiger partial charge in [0, 0.05) is 5.75 Å². The van der Waals surface area contributed by atoms with Crippen LogP contribution in [-0.4, -0.2) is 53.0 Å². The topological polar surface area (TPSA) is 75.7 Å². The molecule has 0 aromatic heterocycles. The molecule has 0 radical (unpaired) electrons. The maximum atomic E-state index is 11.8. The summed E-state index contributed by atoms with van der Waals surface area (Å²) in [6.07, 6.45) is 0.121. The lowest BCUT2D eigenvalue weighted by Gasteiger charge is -2.22. The molecule has 1 heterocycles. The van der Waals surface area contributed by atoms with E-state index in [1.54, 1.807) is 20.8 Å². The standard InChI is InChI=1S/C11H18N2O4S/c1-11(2,3)17-10(16)12-4-9(15)13-7-18-6-8(13)5-14/h5,8H,4,6-7H2,1-3H3,(H,12,16). The number of carbonyl (C=O) groups excluding carboxylic acids is 3. The maximum absolute atomic E-state index is 11.8. The van der Waals surface area contributed by atoms with Crippen molar-refractivity contribution in [2.75, 3.05) is 18.2 Å². The Morgan fingerprint density at radius 3 is 2.72 bits per heavy atom. The van der Waals surface area contributed by atoms with Crippen molar-refractivity contribution in [3.05, 3.63) is 0 Å². The van der Waals surface area contributed by atoms with Gasteiger partial charge < -0.3 is 19.7 Å². The second-order valence-electron chi connectivity index (χ2n) is 4.92. The second-order valence-corrected chi connectivity index (χ2v) is 5.92. The summed E-state index contributed by atoms with van der Waals surface area (Å²) in [6.45, 7) is 5.08. The molecule has 1 N–H and O–H groups in total. The number of ether oxygens (including phenoxy) is 1. The third-order valence-corrected chi connectivity index (χ3v) is 3.22. The highest BCUT2D eigenvalue weighted by molar-refractivity contribution is 7.99. The molecule has 1 unspecified atom stereocenters. The van der Waals surface area contributed by atoms with Gasteiger partial charge in [-0.15, -0.1) is 11.8 Å². The number of hydrogen-bond acceptors (Lipinski definition) is 5. The van der Waals surface area contributed by atoms with Crippen molar-refractivity contribution in [2.24, 2.45) is 0 Å². The molecule has 1 aliphatic rings. The third-order valence-electron chi connectivity index (χ3n) is 2.18. The molecule has 2 amide bonds. The van der Waals surface area contributed by atoms with Crippen LogP contribution in [0.25, 0.3) is 0 Å². The number of nitrogens with one attached hydrogen (secondary N) is 1. The minimum atomic E-state index is -0.634. The molecule has 0 bridgehead atoms. The van der Waals surface area contributed by atoms with Crippen LogP contribution in [0.3, 0.4) is 0 Å². The summed E-state index contributed by atoms with van der Waals surface area (Å²) in [5.41, 5.74) is -0.595.